The number of hydrogen-bond acceptors (Lipinski definition) is 6. The average Bonchev–Trinajstić information content (AvgIpc) is 3.06. The highest BCUT2D eigenvalue weighted by Gasteiger charge is 2.29. The van der Waals surface area contributed by atoms with Gasteiger partial charge in [-0.1, -0.05) is 30.3 Å². The van der Waals surface area contributed by atoms with E-state index in [0.717, 1.165) is 16.3 Å². The summed E-state index contributed by atoms with van der Waals surface area (Å²) < 4.78 is 19.4. The number of hydrogen-bond donors (Lipinski definition) is 2. The van der Waals surface area contributed by atoms with Crippen molar-refractivity contribution in [3.63, 3.8) is 0 Å². The summed E-state index contributed by atoms with van der Waals surface area (Å²) in [5.41, 5.74) is 1.22. The highest BCUT2D eigenvalue weighted by Crippen LogP contribution is 2.53. The second kappa shape index (κ2) is 10.3. The summed E-state index contributed by atoms with van der Waals surface area (Å²) in [6, 6.07) is 12.9. The smallest absolute Gasteiger partial charge is 0.310 e. The summed E-state index contributed by atoms with van der Waals surface area (Å²) in [4.78, 5) is 11.9. The van der Waals surface area contributed by atoms with Gasteiger partial charge in [0.15, 0.2) is 0 Å². The third kappa shape index (κ3) is 4.69. The number of carbonyl (C=O) groups excluding carboxylic acids is 1. The first kappa shape index (κ1) is 25.7. The molecule has 4 rings (SSSR count). The maximum absolute atomic E-state index is 11.9. The summed E-state index contributed by atoms with van der Waals surface area (Å²) >= 11 is 3.54. The van der Waals surface area contributed by atoms with E-state index >= 15 is 0 Å². The molecule has 0 aliphatic carbocycles. The summed E-state index contributed by atoms with van der Waals surface area (Å²) in [5.74, 6) is 0.238. The van der Waals surface area contributed by atoms with Crippen LogP contribution in [0.3, 0.4) is 0 Å². The van der Waals surface area contributed by atoms with E-state index in [1.807, 2.05) is 52.0 Å². The Hall–Kier alpha value is -3.39. The van der Waals surface area contributed by atoms with Gasteiger partial charge in [-0.2, -0.15) is 0 Å². The molecule has 1 heterocycles. The van der Waals surface area contributed by atoms with Crippen LogP contribution in [0.15, 0.2) is 46.9 Å². The lowest BCUT2D eigenvalue weighted by Crippen LogP contribution is -2.09. The Bertz CT molecular complexity index is 1370. The lowest BCUT2D eigenvalue weighted by molar-refractivity contribution is -0.142. The minimum atomic E-state index is -0.327. The van der Waals surface area contributed by atoms with Crippen molar-refractivity contribution in [2.24, 2.45) is 0 Å². The van der Waals surface area contributed by atoms with Crippen molar-refractivity contribution in [1.29, 1.82) is 0 Å². The first-order chi connectivity index (χ1) is 17.1. The van der Waals surface area contributed by atoms with Crippen LogP contribution < -0.4 is 9.47 Å². The largest absolute Gasteiger partial charge is 0.494 e. The van der Waals surface area contributed by atoms with Gasteiger partial charge in [0.05, 0.1) is 41.7 Å². The number of carbonyl (C=O) groups is 1. The lowest BCUT2D eigenvalue weighted by Gasteiger charge is -2.19. The predicted molar refractivity (Wildman–Crippen MR) is 144 cm³/mol. The van der Waals surface area contributed by atoms with E-state index in [1.54, 1.807) is 25.1 Å². The number of ether oxygens (including phenoxy) is 3. The van der Waals surface area contributed by atoms with Gasteiger partial charge in [0.25, 0.3) is 0 Å². The van der Waals surface area contributed by atoms with Crippen molar-refractivity contribution >= 4 is 43.4 Å². The zero-order valence-electron chi connectivity index (χ0n) is 21.0. The Balaban J connectivity index is 2.01. The molecule has 0 saturated carbocycles. The highest BCUT2D eigenvalue weighted by molar-refractivity contribution is 9.10. The Morgan fingerprint density at radius 3 is 1.89 bits per heavy atom. The fourth-order valence-corrected chi connectivity index (χ4v) is 4.89. The molecule has 0 bridgehead atoms. The first-order valence-corrected chi connectivity index (χ1v) is 12.7. The molecule has 0 amide bonds. The number of esters is 1. The molecule has 3 aromatic carbocycles. The lowest BCUT2D eigenvalue weighted by atomic mass is 10.0. The van der Waals surface area contributed by atoms with Gasteiger partial charge in [0.2, 0.25) is 11.8 Å². The van der Waals surface area contributed by atoms with Gasteiger partial charge in [0.1, 0.15) is 11.5 Å². The maximum atomic E-state index is 11.9. The fraction of sp³-hybridized carbons (Fsp3) is 0.321. The molecule has 7 nitrogen and oxygen atoms in total. The van der Waals surface area contributed by atoms with E-state index in [2.05, 4.69) is 15.9 Å². The van der Waals surface area contributed by atoms with Gasteiger partial charge in [-0.15, -0.1) is 0 Å². The van der Waals surface area contributed by atoms with Crippen LogP contribution in [0.1, 0.15) is 40.2 Å². The van der Waals surface area contributed by atoms with Gasteiger partial charge in [0, 0.05) is 15.2 Å². The van der Waals surface area contributed by atoms with Crippen molar-refractivity contribution in [1.82, 2.24) is 4.57 Å². The molecule has 0 atom stereocenters. The number of aromatic nitrogens is 1. The summed E-state index contributed by atoms with van der Waals surface area (Å²) in [5, 5.41) is 25.3. The van der Waals surface area contributed by atoms with Gasteiger partial charge in [-0.25, -0.2) is 4.57 Å². The minimum Gasteiger partial charge on any atom is -0.494 e. The zero-order valence-corrected chi connectivity index (χ0v) is 22.5. The predicted octanol–water partition coefficient (Wildman–Crippen LogP) is 6.64. The Kier molecular flexibility index (Phi) is 7.36. The number of nitrogens with zero attached hydrogens (tertiary/aromatic N) is 1. The minimum absolute atomic E-state index is 0.114. The van der Waals surface area contributed by atoms with Crippen LogP contribution in [0.25, 0.3) is 27.2 Å². The number of halogens is 1. The summed E-state index contributed by atoms with van der Waals surface area (Å²) in [7, 11) is 0. The van der Waals surface area contributed by atoms with Crippen LogP contribution in [0, 0.1) is 0 Å². The SMILES string of the molecule is CCOC(=O)Cc1ccc(-n2c(O)c3c(OC(C)C)c4ccccc4c(OC(C)C)c3c2O)c(Br)c1. The second-order valence-electron chi connectivity index (χ2n) is 9.04. The van der Waals surface area contributed by atoms with Gasteiger partial charge < -0.3 is 24.4 Å². The molecule has 0 fully saturated rings. The molecular formula is C28H30BrNO6. The fourth-order valence-electron chi connectivity index (χ4n) is 4.29. The van der Waals surface area contributed by atoms with Crippen molar-refractivity contribution < 1.29 is 29.2 Å². The molecule has 190 valence electrons. The van der Waals surface area contributed by atoms with E-state index in [4.69, 9.17) is 14.2 Å². The molecular weight excluding hydrogens is 526 g/mol. The Morgan fingerprint density at radius 2 is 1.44 bits per heavy atom. The molecule has 0 saturated heterocycles. The number of aromatic hydroxyl groups is 2. The molecule has 0 aliphatic rings. The van der Waals surface area contributed by atoms with Crippen molar-refractivity contribution in [2.45, 2.75) is 53.2 Å². The number of benzene rings is 3. The molecule has 0 radical (unpaired) electrons. The molecule has 36 heavy (non-hydrogen) atoms. The standard InChI is InChI=1S/C28H30BrNO6/c1-6-34-22(31)14-17-11-12-21(20(29)13-17)30-27(32)23-24(28(30)33)26(36-16(4)5)19-10-8-7-9-18(19)25(23)35-15(2)3/h7-13,15-16,32-33H,6,14H2,1-5H3. The molecule has 1 aromatic heterocycles. The normalized spacial score (nSPS) is 11.6. The number of fused-ring (bicyclic) bond motifs is 2. The third-order valence-corrected chi connectivity index (χ3v) is 6.24. The van der Waals surface area contributed by atoms with Crippen molar-refractivity contribution in [3.05, 3.63) is 52.5 Å². The Labute approximate surface area is 218 Å². The Morgan fingerprint density at radius 1 is 0.917 bits per heavy atom. The van der Waals surface area contributed by atoms with Crippen molar-refractivity contribution in [2.75, 3.05) is 6.61 Å². The number of rotatable bonds is 8. The van der Waals surface area contributed by atoms with Crippen LogP contribution >= 0.6 is 15.9 Å². The van der Waals surface area contributed by atoms with Crippen LogP contribution in [-0.2, 0) is 16.0 Å². The monoisotopic (exact) mass is 555 g/mol. The molecule has 8 heteroatoms. The summed E-state index contributed by atoms with van der Waals surface area (Å²) in [6.45, 7) is 9.71. The van der Waals surface area contributed by atoms with E-state index in [9.17, 15) is 15.0 Å². The van der Waals surface area contributed by atoms with E-state index < -0.39 is 0 Å². The summed E-state index contributed by atoms with van der Waals surface area (Å²) in [6.07, 6.45) is -0.234. The molecule has 0 spiro atoms. The van der Waals surface area contributed by atoms with Gasteiger partial charge in [-0.3, -0.25) is 4.79 Å². The highest BCUT2D eigenvalue weighted by atomic mass is 79.9. The van der Waals surface area contributed by atoms with E-state index in [1.165, 1.54) is 4.57 Å². The average molecular weight is 556 g/mol. The van der Waals surface area contributed by atoms with Crippen LogP contribution in [0.5, 0.6) is 23.3 Å². The molecule has 2 N–H and O–H groups in total. The molecule has 0 aliphatic heterocycles. The molecule has 4 aromatic rings. The van der Waals surface area contributed by atoms with Gasteiger partial charge >= 0.3 is 5.97 Å². The molecule has 0 unspecified atom stereocenters. The second-order valence-corrected chi connectivity index (χ2v) is 9.89. The van der Waals surface area contributed by atoms with Gasteiger partial charge in [-0.05, 0) is 68.2 Å². The zero-order chi connectivity index (χ0) is 26.1. The first-order valence-electron chi connectivity index (χ1n) is 11.9. The van der Waals surface area contributed by atoms with Crippen LogP contribution in [0.4, 0.5) is 0 Å². The van der Waals surface area contributed by atoms with E-state index in [-0.39, 0.29) is 36.4 Å². The topological polar surface area (TPSA) is 90.2 Å². The van der Waals surface area contributed by atoms with Crippen LogP contribution in [-0.4, -0.2) is 39.6 Å². The van der Waals surface area contributed by atoms with E-state index in [0.29, 0.717) is 39.0 Å². The third-order valence-electron chi connectivity index (χ3n) is 5.61. The maximum Gasteiger partial charge on any atom is 0.310 e. The van der Waals surface area contributed by atoms with Crippen molar-refractivity contribution in [3.8, 4) is 28.9 Å². The van der Waals surface area contributed by atoms with Crippen LogP contribution in [0.2, 0.25) is 0 Å². The quantitative estimate of drug-likeness (QED) is 0.237.